The quantitative estimate of drug-likeness (QED) is 0.790. The molecule has 0 bridgehead atoms. The third-order valence-electron chi connectivity index (χ3n) is 5.63. The third-order valence-corrected chi connectivity index (χ3v) is 5.63. The van der Waals surface area contributed by atoms with Gasteiger partial charge in [-0.1, -0.05) is 46.0 Å². The van der Waals surface area contributed by atoms with Crippen LogP contribution in [0.15, 0.2) is 0 Å². The second-order valence-corrected chi connectivity index (χ2v) is 7.54. The molecule has 2 N–H and O–H groups in total. The zero-order valence-electron chi connectivity index (χ0n) is 13.5. The van der Waals surface area contributed by atoms with Gasteiger partial charge in [0.1, 0.15) is 0 Å². The van der Waals surface area contributed by atoms with Gasteiger partial charge in [0, 0.05) is 11.5 Å². The number of aliphatic carboxylic acids is 1. The number of carboxylic acid groups (broad SMARTS) is 1. The van der Waals surface area contributed by atoms with E-state index in [1.807, 2.05) is 20.8 Å². The Kier molecular flexibility index (Phi) is 4.95. The van der Waals surface area contributed by atoms with Crippen LogP contribution in [-0.2, 0) is 9.59 Å². The maximum atomic E-state index is 12.5. The first-order valence-corrected chi connectivity index (χ1v) is 8.37. The van der Waals surface area contributed by atoms with Gasteiger partial charge in [-0.2, -0.15) is 0 Å². The summed E-state index contributed by atoms with van der Waals surface area (Å²) < 4.78 is 0. The molecule has 0 heterocycles. The molecule has 3 atom stereocenters. The standard InChI is InChI=1S/C17H29NO3/c1-11(2)17(3,10-15(19)20)18-16(21)14-9-13(14)12-7-5-4-6-8-12/h11-14H,4-10H2,1-3H3,(H,18,21)(H,19,20). The predicted octanol–water partition coefficient (Wildman–Crippen LogP) is 3.21. The molecule has 2 rings (SSSR count). The van der Waals surface area contributed by atoms with Gasteiger partial charge in [0.2, 0.25) is 5.91 Å². The van der Waals surface area contributed by atoms with Crippen molar-refractivity contribution in [2.45, 2.75) is 71.3 Å². The minimum Gasteiger partial charge on any atom is -0.481 e. The van der Waals surface area contributed by atoms with Crippen LogP contribution in [0, 0.1) is 23.7 Å². The fourth-order valence-electron chi connectivity index (χ4n) is 3.68. The molecular formula is C17H29NO3. The van der Waals surface area contributed by atoms with E-state index < -0.39 is 11.5 Å². The molecule has 0 aromatic rings. The van der Waals surface area contributed by atoms with Gasteiger partial charge in [-0.05, 0) is 31.1 Å². The van der Waals surface area contributed by atoms with Gasteiger partial charge in [-0.25, -0.2) is 0 Å². The van der Waals surface area contributed by atoms with Crippen molar-refractivity contribution < 1.29 is 14.7 Å². The highest BCUT2D eigenvalue weighted by atomic mass is 16.4. The lowest BCUT2D eigenvalue weighted by molar-refractivity contribution is -0.139. The van der Waals surface area contributed by atoms with Crippen LogP contribution in [0.2, 0.25) is 0 Å². The van der Waals surface area contributed by atoms with E-state index in [1.165, 1.54) is 32.1 Å². The fraction of sp³-hybridized carbons (Fsp3) is 0.882. The Hall–Kier alpha value is -1.06. The lowest BCUT2D eigenvalue weighted by atomic mass is 9.84. The maximum absolute atomic E-state index is 12.5. The van der Waals surface area contributed by atoms with Crippen LogP contribution in [0.5, 0.6) is 0 Å². The van der Waals surface area contributed by atoms with Gasteiger partial charge in [-0.3, -0.25) is 9.59 Å². The molecule has 21 heavy (non-hydrogen) atoms. The summed E-state index contributed by atoms with van der Waals surface area (Å²) in [6.07, 6.45) is 7.46. The number of carbonyl (C=O) groups excluding carboxylic acids is 1. The van der Waals surface area contributed by atoms with Crippen molar-refractivity contribution in [1.29, 1.82) is 0 Å². The number of carboxylic acids is 1. The van der Waals surface area contributed by atoms with Crippen LogP contribution in [-0.4, -0.2) is 22.5 Å². The van der Waals surface area contributed by atoms with Gasteiger partial charge in [0.05, 0.1) is 6.42 Å². The summed E-state index contributed by atoms with van der Waals surface area (Å²) in [7, 11) is 0. The van der Waals surface area contributed by atoms with Crippen molar-refractivity contribution in [1.82, 2.24) is 5.32 Å². The molecule has 2 aliphatic rings. The van der Waals surface area contributed by atoms with E-state index >= 15 is 0 Å². The average Bonchev–Trinajstić information content (AvgIpc) is 3.18. The normalized spacial score (nSPS) is 29.0. The first kappa shape index (κ1) is 16.3. The summed E-state index contributed by atoms with van der Waals surface area (Å²) in [4.78, 5) is 23.5. The summed E-state index contributed by atoms with van der Waals surface area (Å²) >= 11 is 0. The van der Waals surface area contributed by atoms with Gasteiger partial charge < -0.3 is 10.4 Å². The third kappa shape index (κ3) is 3.98. The molecule has 0 aromatic heterocycles. The highest BCUT2D eigenvalue weighted by Crippen LogP contribution is 2.49. The number of hydrogen-bond donors (Lipinski definition) is 2. The van der Waals surface area contributed by atoms with E-state index in [2.05, 4.69) is 5.32 Å². The van der Waals surface area contributed by atoms with Crippen molar-refractivity contribution in [3.8, 4) is 0 Å². The number of hydrogen-bond acceptors (Lipinski definition) is 2. The van der Waals surface area contributed by atoms with Crippen LogP contribution in [0.4, 0.5) is 0 Å². The van der Waals surface area contributed by atoms with Crippen LogP contribution in [0.25, 0.3) is 0 Å². The molecule has 2 saturated carbocycles. The molecule has 2 aliphatic carbocycles. The fourth-order valence-corrected chi connectivity index (χ4v) is 3.68. The molecule has 4 heteroatoms. The molecule has 0 aromatic carbocycles. The van der Waals surface area contributed by atoms with Gasteiger partial charge in [0.15, 0.2) is 0 Å². The van der Waals surface area contributed by atoms with Crippen LogP contribution in [0.3, 0.4) is 0 Å². The number of nitrogens with one attached hydrogen (secondary N) is 1. The van der Waals surface area contributed by atoms with E-state index in [4.69, 9.17) is 5.11 Å². The lowest BCUT2D eigenvalue weighted by Gasteiger charge is -2.33. The van der Waals surface area contributed by atoms with Crippen molar-refractivity contribution in [2.75, 3.05) is 0 Å². The summed E-state index contributed by atoms with van der Waals surface area (Å²) in [6.45, 7) is 5.78. The van der Waals surface area contributed by atoms with Crippen molar-refractivity contribution in [2.24, 2.45) is 23.7 Å². The molecular weight excluding hydrogens is 266 g/mol. The van der Waals surface area contributed by atoms with E-state index in [1.54, 1.807) is 0 Å². The molecule has 0 aliphatic heterocycles. The number of carbonyl (C=O) groups is 2. The summed E-state index contributed by atoms with van der Waals surface area (Å²) in [5.74, 6) is 0.712. The first-order chi connectivity index (χ1) is 9.83. The Balaban J connectivity index is 1.90. The molecule has 2 fully saturated rings. The first-order valence-electron chi connectivity index (χ1n) is 8.37. The van der Waals surface area contributed by atoms with Crippen LogP contribution >= 0.6 is 0 Å². The topological polar surface area (TPSA) is 66.4 Å². The lowest BCUT2D eigenvalue weighted by Crippen LogP contribution is -2.52. The summed E-state index contributed by atoms with van der Waals surface area (Å²) in [5, 5.41) is 12.1. The molecule has 0 spiro atoms. The van der Waals surface area contributed by atoms with Crippen LogP contribution < -0.4 is 5.32 Å². The maximum Gasteiger partial charge on any atom is 0.305 e. The van der Waals surface area contributed by atoms with E-state index in [9.17, 15) is 9.59 Å². The Morgan fingerprint density at radius 2 is 1.86 bits per heavy atom. The smallest absolute Gasteiger partial charge is 0.305 e. The minimum absolute atomic E-state index is 0.0166. The summed E-state index contributed by atoms with van der Waals surface area (Å²) in [5.41, 5.74) is -0.650. The second kappa shape index (κ2) is 6.37. The zero-order valence-corrected chi connectivity index (χ0v) is 13.5. The zero-order chi connectivity index (χ0) is 15.6. The molecule has 3 unspecified atom stereocenters. The molecule has 0 radical (unpaired) electrons. The Labute approximate surface area is 127 Å². The molecule has 120 valence electrons. The Morgan fingerprint density at radius 1 is 1.24 bits per heavy atom. The second-order valence-electron chi connectivity index (χ2n) is 7.54. The SMILES string of the molecule is CC(C)C(C)(CC(=O)O)NC(=O)C1CC1C1CCCCC1. The van der Waals surface area contributed by atoms with Crippen molar-refractivity contribution in [3.63, 3.8) is 0 Å². The predicted molar refractivity (Wildman–Crippen MR) is 81.8 cm³/mol. The number of amides is 1. The Bertz CT molecular complexity index is 401. The minimum atomic E-state index is -0.855. The molecule has 4 nitrogen and oxygen atoms in total. The van der Waals surface area contributed by atoms with Crippen molar-refractivity contribution in [3.05, 3.63) is 0 Å². The Morgan fingerprint density at radius 3 is 2.38 bits per heavy atom. The van der Waals surface area contributed by atoms with Crippen LogP contribution in [0.1, 0.15) is 65.7 Å². The van der Waals surface area contributed by atoms with E-state index in [0.717, 1.165) is 12.3 Å². The highest BCUT2D eigenvalue weighted by molar-refractivity contribution is 5.83. The largest absolute Gasteiger partial charge is 0.481 e. The van der Waals surface area contributed by atoms with Gasteiger partial charge in [0.25, 0.3) is 0 Å². The molecule has 1 amide bonds. The number of rotatable bonds is 6. The van der Waals surface area contributed by atoms with E-state index in [-0.39, 0.29) is 24.2 Å². The van der Waals surface area contributed by atoms with Gasteiger partial charge in [-0.15, -0.1) is 0 Å². The van der Waals surface area contributed by atoms with Crippen molar-refractivity contribution >= 4 is 11.9 Å². The van der Waals surface area contributed by atoms with Gasteiger partial charge >= 0.3 is 5.97 Å². The highest BCUT2D eigenvalue weighted by Gasteiger charge is 2.49. The average molecular weight is 295 g/mol. The monoisotopic (exact) mass is 295 g/mol. The van der Waals surface area contributed by atoms with E-state index in [0.29, 0.717) is 5.92 Å². The summed E-state index contributed by atoms with van der Waals surface area (Å²) in [6, 6.07) is 0. The molecule has 0 saturated heterocycles.